The van der Waals surface area contributed by atoms with E-state index >= 15 is 0 Å². The molecule has 0 radical (unpaired) electrons. The third kappa shape index (κ3) is 4.62. The average molecular weight is 387 g/mol. The molecule has 2 heterocycles. The molecule has 0 aliphatic carbocycles. The maximum Gasteiger partial charge on any atom is 0.339 e. The lowest BCUT2D eigenvalue weighted by Crippen LogP contribution is -2.04. The standard InChI is InChI=1S/C19H19ClN4O3/c1-3-8-27-18-7-5-15(20)9-14(18)11-24-12-17(22-23-24)16-6-4-13(10-21-16)19(25)26-2/h4-7,9-10,12H,3,8,11H2,1-2H3. The molecule has 0 spiro atoms. The first-order valence-corrected chi connectivity index (χ1v) is 8.84. The largest absolute Gasteiger partial charge is 0.493 e. The van der Waals surface area contributed by atoms with Gasteiger partial charge in [0.05, 0.1) is 37.7 Å². The van der Waals surface area contributed by atoms with E-state index in [1.165, 1.54) is 13.3 Å². The Bertz CT molecular complexity index is 925. The van der Waals surface area contributed by atoms with E-state index < -0.39 is 5.97 Å². The summed E-state index contributed by atoms with van der Waals surface area (Å²) in [6.45, 7) is 3.15. The van der Waals surface area contributed by atoms with Crippen molar-refractivity contribution in [3.8, 4) is 17.1 Å². The first kappa shape index (κ1) is 18.8. The first-order chi connectivity index (χ1) is 13.1. The Labute approximate surface area is 161 Å². The molecule has 0 atom stereocenters. The second-order valence-corrected chi connectivity index (χ2v) is 6.26. The van der Waals surface area contributed by atoms with E-state index in [0.717, 1.165) is 17.7 Å². The fourth-order valence-electron chi connectivity index (χ4n) is 2.48. The summed E-state index contributed by atoms with van der Waals surface area (Å²) < 4.78 is 12.1. The van der Waals surface area contributed by atoms with E-state index in [4.69, 9.17) is 16.3 Å². The number of methoxy groups -OCH3 is 1. The van der Waals surface area contributed by atoms with Crippen molar-refractivity contribution in [1.29, 1.82) is 0 Å². The van der Waals surface area contributed by atoms with E-state index in [9.17, 15) is 4.79 Å². The maximum atomic E-state index is 11.5. The van der Waals surface area contributed by atoms with Crippen molar-refractivity contribution in [3.63, 3.8) is 0 Å². The lowest BCUT2D eigenvalue weighted by molar-refractivity contribution is 0.0600. The molecule has 0 amide bonds. The molecule has 1 aromatic carbocycles. The Kier molecular flexibility index (Phi) is 6.03. The summed E-state index contributed by atoms with van der Waals surface area (Å²) in [4.78, 5) is 15.7. The number of esters is 1. The molecular formula is C19H19ClN4O3. The molecule has 8 heteroatoms. The summed E-state index contributed by atoms with van der Waals surface area (Å²) in [5, 5.41) is 8.93. The number of benzene rings is 1. The predicted molar refractivity (Wildman–Crippen MR) is 101 cm³/mol. The van der Waals surface area contributed by atoms with Gasteiger partial charge in [-0.05, 0) is 36.8 Å². The van der Waals surface area contributed by atoms with Gasteiger partial charge >= 0.3 is 5.97 Å². The molecule has 3 aromatic rings. The van der Waals surface area contributed by atoms with Gasteiger partial charge < -0.3 is 9.47 Å². The molecule has 3 rings (SSSR count). The third-order valence-electron chi connectivity index (χ3n) is 3.80. The van der Waals surface area contributed by atoms with Crippen molar-refractivity contribution < 1.29 is 14.3 Å². The fourth-order valence-corrected chi connectivity index (χ4v) is 2.67. The van der Waals surface area contributed by atoms with Crippen molar-refractivity contribution in [2.24, 2.45) is 0 Å². The molecule has 140 valence electrons. The lowest BCUT2D eigenvalue weighted by Gasteiger charge is -2.11. The number of hydrogen-bond donors (Lipinski definition) is 0. The summed E-state index contributed by atoms with van der Waals surface area (Å²) in [6.07, 6.45) is 4.15. The van der Waals surface area contributed by atoms with E-state index in [0.29, 0.717) is 35.1 Å². The summed E-state index contributed by atoms with van der Waals surface area (Å²) in [5.41, 5.74) is 2.51. The topological polar surface area (TPSA) is 79.1 Å². The number of pyridine rings is 1. The van der Waals surface area contributed by atoms with Crippen LogP contribution in [0.2, 0.25) is 5.02 Å². The number of rotatable bonds is 7. The molecule has 0 N–H and O–H groups in total. The van der Waals surface area contributed by atoms with Gasteiger partial charge in [-0.15, -0.1) is 5.10 Å². The molecule has 0 bridgehead atoms. The van der Waals surface area contributed by atoms with Crippen LogP contribution in [-0.4, -0.2) is 39.7 Å². The first-order valence-electron chi connectivity index (χ1n) is 8.46. The van der Waals surface area contributed by atoms with Crippen molar-refractivity contribution in [1.82, 2.24) is 20.0 Å². The van der Waals surface area contributed by atoms with Crippen LogP contribution in [0, 0.1) is 0 Å². The molecular weight excluding hydrogens is 368 g/mol. The number of ether oxygens (including phenoxy) is 2. The van der Waals surface area contributed by atoms with Crippen LogP contribution in [0.3, 0.4) is 0 Å². The van der Waals surface area contributed by atoms with Crippen molar-refractivity contribution in [3.05, 3.63) is 58.9 Å². The number of carbonyl (C=O) groups excluding carboxylic acids is 1. The van der Waals surface area contributed by atoms with Gasteiger partial charge in [-0.3, -0.25) is 4.98 Å². The van der Waals surface area contributed by atoms with Crippen LogP contribution >= 0.6 is 11.6 Å². The fraction of sp³-hybridized carbons (Fsp3) is 0.263. The lowest BCUT2D eigenvalue weighted by atomic mass is 10.2. The van der Waals surface area contributed by atoms with Crippen molar-refractivity contribution in [2.75, 3.05) is 13.7 Å². The van der Waals surface area contributed by atoms with Gasteiger partial charge in [0.15, 0.2) is 0 Å². The molecule has 0 aliphatic heterocycles. The predicted octanol–water partition coefficient (Wildman–Crippen LogP) is 3.62. The second kappa shape index (κ2) is 8.64. The van der Waals surface area contributed by atoms with Gasteiger partial charge in [-0.25, -0.2) is 9.48 Å². The summed E-state index contributed by atoms with van der Waals surface area (Å²) >= 11 is 6.12. The minimum absolute atomic E-state index is 0.380. The molecule has 0 saturated carbocycles. The van der Waals surface area contributed by atoms with Gasteiger partial charge in [0.25, 0.3) is 0 Å². The van der Waals surface area contributed by atoms with Crippen LogP contribution in [0.4, 0.5) is 0 Å². The molecule has 27 heavy (non-hydrogen) atoms. The Balaban J connectivity index is 1.78. The van der Waals surface area contributed by atoms with E-state index in [2.05, 4.69) is 27.0 Å². The SMILES string of the molecule is CCCOc1ccc(Cl)cc1Cn1cc(-c2ccc(C(=O)OC)cn2)nn1. The minimum atomic E-state index is -0.432. The van der Waals surface area contributed by atoms with Gasteiger partial charge in [0.2, 0.25) is 0 Å². The van der Waals surface area contributed by atoms with Crippen LogP contribution in [0.1, 0.15) is 29.3 Å². The highest BCUT2D eigenvalue weighted by Gasteiger charge is 2.11. The van der Waals surface area contributed by atoms with E-state index in [1.54, 1.807) is 29.1 Å². The zero-order valence-electron chi connectivity index (χ0n) is 15.1. The maximum absolute atomic E-state index is 11.5. The number of halogens is 1. The highest BCUT2D eigenvalue weighted by atomic mass is 35.5. The summed E-state index contributed by atoms with van der Waals surface area (Å²) in [5.74, 6) is 0.345. The molecule has 2 aromatic heterocycles. The van der Waals surface area contributed by atoms with Gasteiger partial charge in [0, 0.05) is 16.8 Å². The van der Waals surface area contributed by atoms with Crippen molar-refractivity contribution >= 4 is 17.6 Å². The quantitative estimate of drug-likeness (QED) is 0.577. The molecule has 0 fully saturated rings. The van der Waals surface area contributed by atoms with E-state index in [1.807, 2.05) is 12.1 Å². The normalized spacial score (nSPS) is 10.6. The second-order valence-electron chi connectivity index (χ2n) is 5.83. The summed E-state index contributed by atoms with van der Waals surface area (Å²) in [7, 11) is 1.33. The van der Waals surface area contributed by atoms with Crippen LogP contribution < -0.4 is 4.74 Å². The molecule has 0 aliphatic rings. The minimum Gasteiger partial charge on any atom is -0.493 e. The highest BCUT2D eigenvalue weighted by Crippen LogP contribution is 2.24. The smallest absolute Gasteiger partial charge is 0.339 e. The Hall–Kier alpha value is -2.93. The monoisotopic (exact) mass is 386 g/mol. The van der Waals surface area contributed by atoms with Gasteiger partial charge in [0.1, 0.15) is 11.4 Å². The molecule has 0 saturated heterocycles. The highest BCUT2D eigenvalue weighted by molar-refractivity contribution is 6.30. The molecule has 7 nitrogen and oxygen atoms in total. The summed E-state index contributed by atoms with van der Waals surface area (Å²) in [6, 6.07) is 8.86. The Morgan fingerprint density at radius 3 is 2.78 bits per heavy atom. The Morgan fingerprint density at radius 2 is 2.07 bits per heavy atom. The van der Waals surface area contributed by atoms with Crippen LogP contribution in [0.25, 0.3) is 11.4 Å². The Morgan fingerprint density at radius 1 is 1.22 bits per heavy atom. The van der Waals surface area contributed by atoms with Crippen LogP contribution in [-0.2, 0) is 11.3 Å². The van der Waals surface area contributed by atoms with Crippen molar-refractivity contribution in [2.45, 2.75) is 19.9 Å². The zero-order valence-corrected chi connectivity index (χ0v) is 15.8. The average Bonchev–Trinajstić information content (AvgIpc) is 3.15. The van der Waals surface area contributed by atoms with E-state index in [-0.39, 0.29) is 0 Å². The third-order valence-corrected chi connectivity index (χ3v) is 4.04. The number of aromatic nitrogens is 4. The number of nitrogens with zero attached hydrogens (tertiary/aromatic N) is 4. The van der Waals surface area contributed by atoms with Gasteiger partial charge in [-0.2, -0.15) is 0 Å². The molecule has 0 unspecified atom stereocenters. The van der Waals surface area contributed by atoms with Crippen LogP contribution in [0.5, 0.6) is 5.75 Å². The zero-order chi connectivity index (χ0) is 19.2. The number of carbonyl (C=O) groups is 1. The van der Waals surface area contributed by atoms with Crippen LogP contribution in [0.15, 0.2) is 42.7 Å². The number of hydrogen-bond acceptors (Lipinski definition) is 6. The van der Waals surface area contributed by atoms with Gasteiger partial charge in [-0.1, -0.05) is 23.7 Å².